The van der Waals surface area contributed by atoms with Gasteiger partial charge in [0.15, 0.2) is 0 Å². The van der Waals surface area contributed by atoms with E-state index in [9.17, 15) is 9.59 Å². The molecule has 0 bridgehead atoms. The molecule has 2 amide bonds. The highest BCUT2D eigenvalue weighted by atomic mass is 16.2. The molecule has 0 unspecified atom stereocenters. The van der Waals surface area contributed by atoms with E-state index < -0.39 is 0 Å². The Morgan fingerprint density at radius 2 is 2.00 bits per heavy atom. The Bertz CT molecular complexity index is 632. The number of amides is 2. The number of benzene rings is 1. The highest BCUT2D eigenvalue weighted by Gasteiger charge is 2.43. The van der Waals surface area contributed by atoms with Crippen LogP contribution in [0.25, 0.3) is 0 Å². The van der Waals surface area contributed by atoms with Crippen LogP contribution < -0.4 is 10.6 Å². The summed E-state index contributed by atoms with van der Waals surface area (Å²) in [6.45, 7) is 7.88. The van der Waals surface area contributed by atoms with Gasteiger partial charge >= 0.3 is 0 Å². The van der Waals surface area contributed by atoms with Gasteiger partial charge in [-0.2, -0.15) is 0 Å². The summed E-state index contributed by atoms with van der Waals surface area (Å²) >= 11 is 0. The second-order valence-corrected chi connectivity index (χ2v) is 7.52. The van der Waals surface area contributed by atoms with Crippen LogP contribution >= 0.6 is 0 Å². The molecule has 1 aromatic rings. The number of hydrogen-bond acceptors (Lipinski definition) is 4. The zero-order chi connectivity index (χ0) is 19.2. The molecule has 0 radical (unpaired) electrons. The number of piperazine rings is 1. The zero-order valence-corrected chi connectivity index (χ0v) is 16.5. The SMILES string of the molecule is CCN(CC)C(=O)CC[C@H]1CNC(=O)[C@H]2C[C@H](NCc3ccccc3)CN12. The van der Waals surface area contributed by atoms with Gasteiger partial charge in [-0.25, -0.2) is 0 Å². The number of carbonyl (C=O) groups excluding carboxylic acids is 2. The van der Waals surface area contributed by atoms with E-state index in [1.54, 1.807) is 0 Å². The number of rotatable bonds is 8. The summed E-state index contributed by atoms with van der Waals surface area (Å²) in [5.74, 6) is 0.344. The maximum Gasteiger partial charge on any atom is 0.237 e. The third kappa shape index (κ3) is 4.87. The molecule has 148 valence electrons. The van der Waals surface area contributed by atoms with Crippen molar-refractivity contribution in [2.75, 3.05) is 26.2 Å². The molecule has 6 heteroatoms. The van der Waals surface area contributed by atoms with Crippen molar-refractivity contribution < 1.29 is 9.59 Å². The van der Waals surface area contributed by atoms with Crippen molar-refractivity contribution in [2.24, 2.45) is 0 Å². The molecule has 2 aliphatic rings. The summed E-state index contributed by atoms with van der Waals surface area (Å²) in [7, 11) is 0. The first kappa shape index (κ1) is 19.8. The second-order valence-electron chi connectivity index (χ2n) is 7.52. The fraction of sp³-hybridized carbons (Fsp3) is 0.619. The van der Waals surface area contributed by atoms with Crippen molar-refractivity contribution in [1.29, 1.82) is 0 Å². The van der Waals surface area contributed by atoms with Crippen LogP contribution in [0.5, 0.6) is 0 Å². The number of nitrogens with one attached hydrogen (secondary N) is 2. The minimum absolute atomic E-state index is 0.0689. The molecular weight excluding hydrogens is 340 g/mol. The smallest absolute Gasteiger partial charge is 0.237 e. The number of fused-ring (bicyclic) bond motifs is 1. The summed E-state index contributed by atoms with van der Waals surface area (Å²) in [5.41, 5.74) is 1.26. The summed E-state index contributed by atoms with van der Waals surface area (Å²) in [4.78, 5) is 28.9. The summed E-state index contributed by atoms with van der Waals surface area (Å²) in [6.07, 6.45) is 2.18. The van der Waals surface area contributed by atoms with Gasteiger partial charge in [-0.05, 0) is 32.3 Å². The van der Waals surface area contributed by atoms with E-state index >= 15 is 0 Å². The molecule has 2 N–H and O–H groups in total. The van der Waals surface area contributed by atoms with Gasteiger partial charge in [-0.15, -0.1) is 0 Å². The lowest BCUT2D eigenvalue weighted by molar-refractivity contribution is -0.132. The Hall–Kier alpha value is -1.92. The van der Waals surface area contributed by atoms with Crippen LogP contribution in [-0.4, -0.2) is 65.9 Å². The van der Waals surface area contributed by atoms with E-state index in [0.29, 0.717) is 19.0 Å². The molecule has 0 spiro atoms. The van der Waals surface area contributed by atoms with Crippen molar-refractivity contribution in [3.8, 4) is 0 Å². The van der Waals surface area contributed by atoms with Crippen LogP contribution in [0.2, 0.25) is 0 Å². The van der Waals surface area contributed by atoms with Crippen LogP contribution in [0.3, 0.4) is 0 Å². The molecule has 0 aromatic heterocycles. The third-order valence-electron chi connectivity index (χ3n) is 5.87. The van der Waals surface area contributed by atoms with E-state index in [1.165, 1.54) is 5.56 Å². The number of nitrogens with zero attached hydrogens (tertiary/aromatic N) is 2. The van der Waals surface area contributed by atoms with Gasteiger partial charge < -0.3 is 15.5 Å². The molecule has 2 aliphatic heterocycles. The first-order valence-electron chi connectivity index (χ1n) is 10.2. The van der Waals surface area contributed by atoms with E-state index in [-0.39, 0.29) is 23.9 Å². The first-order chi connectivity index (χ1) is 13.1. The Balaban J connectivity index is 1.54. The lowest BCUT2D eigenvalue weighted by Gasteiger charge is -2.37. The minimum atomic E-state index is -0.0689. The molecule has 2 saturated heterocycles. The molecule has 27 heavy (non-hydrogen) atoms. The second kappa shape index (κ2) is 9.33. The summed E-state index contributed by atoms with van der Waals surface area (Å²) < 4.78 is 0. The summed E-state index contributed by atoms with van der Waals surface area (Å²) in [5, 5.41) is 6.65. The van der Waals surface area contributed by atoms with Crippen molar-refractivity contribution >= 4 is 11.8 Å². The van der Waals surface area contributed by atoms with E-state index in [2.05, 4.69) is 27.7 Å². The van der Waals surface area contributed by atoms with Crippen LogP contribution in [0.1, 0.15) is 38.7 Å². The Morgan fingerprint density at radius 1 is 1.26 bits per heavy atom. The van der Waals surface area contributed by atoms with Crippen molar-refractivity contribution in [3.63, 3.8) is 0 Å². The fourth-order valence-electron chi connectivity index (χ4n) is 4.27. The Kier molecular flexibility index (Phi) is 6.85. The fourth-order valence-corrected chi connectivity index (χ4v) is 4.27. The third-order valence-corrected chi connectivity index (χ3v) is 5.87. The van der Waals surface area contributed by atoms with Gasteiger partial charge in [0.2, 0.25) is 11.8 Å². The molecule has 1 aromatic carbocycles. The van der Waals surface area contributed by atoms with Gasteiger partial charge in [-0.1, -0.05) is 30.3 Å². The minimum Gasteiger partial charge on any atom is -0.353 e. The normalized spacial score (nSPS) is 25.1. The topological polar surface area (TPSA) is 64.7 Å². The largest absolute Gasteiger partial charge is 0.353 e. The molecule has 2 fully saturated rings. The summed E-state index contributed by atoms with van der Waals surface area (Å²) in [6, 6.07) is 10.8. The van der Waals surface area contributed by atoms with Crippen LogP contribution in [0.15, 0.2) is 30.3 Å². The van der Waals surface area contributed by atoms with Crippen LogP contribution in [0.4, 0.5) is 0 Å². The molecule has 3 rings (SSSR count). The van der Waals surface area contributed by atoms with Crippen LogP contribution in [-0.2, 0) is 16.1 Å². The van der Waals surface area contributed by atoms with Crippen LogP contribution in [0, 0.1) is 0 Å². The highest BCUT2D eigenvalue weighted by molar-refractivity contribution is 5.83. The average Bonchev–Trinajstić information content (AvgIpc) is 3.13. The lowest BCUT2D eigenvalue weighted by atomic mass is 10.0. The maximum atomic E-state index is 12.3. The molecule has 6 nitrogen and oxygen atoms in total. The molecule has 0 aliphatic carbocycles. The Labute approximate surface area is 162 Å². The predicted molar refractivity (Wildman–Crippen MR) is 106 cm³/mol. The molecular formula is C21H32N4O2. The maximum absolute atomic E-state index is 12.3. The number of hydrogen-bond donors (Lipinski definition) is 2. The molecule has 0 saturated carbocycles. The number of carbonyl (C=O) groups is 2. The van der Waals surface area contributed by atoms with Gasteiger partial charge in [0.05, 0.1) is 6.04 Å². The first-order valence-corrected chi connectivity index (χ1v) is 10.2. The van der Waals surface area contributed by atoms with Gasteiger partial charge in [0, 0.05) is 51.2 Å². The van der Waals surface area contributed by atoms with Crippen molar-refractivity contribution in [2.45, 2.75) is 57.8 Å². The van der Waals surface area contributed by atoms with E-state index in [4.69, 9.17) is 0 Å². The lowest BCUT2D eigenvalue weighted by Crippen LogP contribution is -2.58. The van der Waals surface area contributed by atoms with Crippen molar-refractivity contribution in [3.05, 3.63) is 35.9 Å². The standard InChI is InChI=1S/C21H32N4O2/c1-3-24(4-2)20(26)11-10-18-14-23-21(27)19-12-17(15-25(18)19)22-13-16-8-6-5-7-9-16/h5-9,17-19,22H,3-4,10-15H2,1-2H3,(H,23,27)/t17-,18-,19+/m0/s1. The average molecular weight is 373 g/mol. The zero-order valence-electron chi connectivity index (χ0n) is 16.5. The van der Waals surface area contributed by atoms with E-state index in [1.807, 2.05) is 36.9 Å². The molecule has 3 atom stereocenters. The quantitative estimate of drug-likeness (QED) is 0.723. The van der Waals surface area contributed by atoms with Gasteiger partial charge in [-0.3, -0.25) is 14.5 Å². The van der Waals surface area contributed by atoms with Gasteiger partial charge in [0.1, 0.15) is 0 Å². The highest BCUT2D eigenvalue weighted by Crippen LogP contribution is 2.26. The predicted octanol–water partition coefficient (Wildman–Crippen LogP) is 1.37. The van der Waals surface area contributed by atoms with E-state index in [0.717, 1.165) is 39.0 Å². The van der Waals surface area contributed by atoms with Gasteiger partial charge in [0.25, 0.3) is 0 Å². The monoisotopic (exact) mass is 372 g/mol. The van der Waals surface area contributed by atoms with Crippen molar-refractivity contribution in [1.82, 2.24) is 20.4 Å². The molecule has 2 heterocycles. The Morgan fingerprint density at radius 3 is 2.70 bits per heavy atom.